The first kappa shape index (κ1) is 14.3. The number of hydrogen-bond acceptors (Lipinski definition) is 4. The Balaban J connectivity index is 1.95. The third-order valence-electron chi connectivity index (χ3n) is 3.77. The molecule has 1 aliphatic carbocycles. The van der Waals surface area contributed by atoms with Crippen LogP contribution in [0.1, 0.15) is 42.5 Å². The van der Waals surface area contributed by atoms with Crippen LogP contribution in [0.5, 0.6) is 5.75 Å². The summed E-state index contributed by atoms with van der Waals surface area (Å²) in [5.74, 6) is -0.380. The summed E-state index contributed by atoms with van der Waals surface area (Å²) in [6.45, 7) is 0.533. The zero-order valence-electron chi connectivity index (χ0n) is 11.2. The number of carbonyl (C=O) groups is 1. The molecule has 1 saturated carbocycles. The van der Waals surface area contributed by atoms with E-state index in [0.717, 1.165) is 6.42 Å². The SMILES string of the molecule is O=C(NCCC1CCCC1)c1cccc([N+](=O)[O-])c1O. The molecule has 0 radical (unpaired) electrons. The number of carbonyl (C=O) groups excluding carboxylic acids is 1. The van der Waals surface area contributed by atoms with Crippen LogP contribution in [-0.4, -0.2) is 22.5 Å². The molecule has 2 N–H and O–H groups in total. The summed E-state index contributed by atoms with van der Waals surface area (Å²) in [5.41, 5.74) is -0.501. The number of phenols is 1. The molecule has 0 atom stereocenters. The van der Waals surface area contributed by atoms with Crippen LogP contribution in [0, 0.1) is 16.0 Å². The van der Waals surface area contributed by atoms with Crippen LogP contribution in [0.2, 0.25) is 0 Å². The maximum Gasteiger partial charge on any atom is 0.311 e. The van der Waals surface area contributed by atoms with Gasteiger partial charge in [-0.3, -0.25) is 14.9 Å². The fraction of sp³-hybridized carbons (Fsp3) is 0.500. The second kappa shape index (κ2) is 6.36. The van der Waals surface area contributed by atoms with Gasteiger partial charge in [0.25, 0.3) is 5.91 Å². The standard InChI is InChI=1S/C14H18N2O4/c17-13-11(6-3-7-12(13)16(19)20)14(18)15-9-8-10-4-1-2-5-10/h3,6-7,10,17H,1-2,4-5,8-9H2,(H,15,18). The van der Waals surface area contributed by atoms with Crippen molar-refractivity contribution in [1.29, 1.82) is 0 Å². The van der Waals surface area contributed by atoms with Gasteiger partial charge in [0.15, 0.2) is 0 Å². The minimum atomic E-state index is -0.704. The van der Waals surface area contributed by atoms with Crippen LogP contribution < -0.4 is 5.32 Å². The Hall–Kier alpha value is -2.11. The highest BCUT2D eigenvalue weighted by Crippen LogP contribution is 2.29. The number of aromatic hydroxyl groups is 1. The molecule has 0 bridgehead atoms. The summed E-state index contributed by atoms with van der Waals surface area (Å²) >= 11 is 0. The molecular weight excluding hydrogens is 260 g/mol. The third-order valence-corrected chi connectivity index (χ3v) is 3.77. The van der Waals surface area contributed by atoms with Crippen LogP contribution >= 0.6 is 0 Å². The van der Waals surface area contributed by atoms with E-state index in [0.29, 0.717) is 12.5 Å². The number of benzene rings is 1. The summed E-state index contributed by atoms with van der Waals surface area (Å²) < 4.78 is 0. The van der Waals surface area contributed by atoms with Crippen molar-refractivity contribution in [3.8, 4) is 5.75 Å². The Bertz CT molecular complexity index is 510. The number of rotatable bonds is 5. The lowest BCUT2D eigenvalue weighted by molar-refractivity contribution is -0.385. The number of nitrogens with one attached hydrogen (secondary N) is 1. The summed E-state index contributed by atoms with van der Waals surface area (Å²) in [6, 6.07) is 3.95. The van der Waals surface area contributed by atoms with Gasteiger partial charge in [-0.25, -0.2) is 0 Å². The van der Waals surface area contributed by atoms with Gasteiger partial charge in [-0.05, 0) is 18.4 Å². The van der Waals surface area contributed by atoms with Gasteiger partial charge in [-0.15, -0.1) is 0 Å². The van der Waals surface area contributed by atoms with E-state index in [2.05, 4.69) is 5.32 Å². The number of para-hydroxylation sites is 1. The Morgan fingerprint density at radius 1 is 1.40 bits per heavy atom. The fourth-order valence-electron chi connectivity index (χ4n) is 2.65. The van der Waals surface area contributed by atoms with E-state index in [1.165, 1.54) is 43.9 Å². The molecule has 20 heavy (non-hydrogen) atoms. The Kier molecular flexibility index (Phi) is 4.55. The average Bonchev–Trinajstić information content (AvgIpc) is 2.91. The van der Waals surface area contributed by atoms with E-state index < -0.39 is 22.3 Å². The highest BCUT2D eigenvalue weighted by molar-refractivity contribution is 5.98. The third kappa shape index (κ3) is 3.26. The highest BCUT2D eigenvalue weighted by atomic mass is 16.6. The topological polar surface area (TPSA) is 92.5 Å². The molecule has 6 nitrogen and oxygen atoms in total. The van der Waals surface area contributed by atoms with Gasteiger partial charge < -0.3 is 10.4 Å². The van der Waals surface area contributed by atoms with Crippen LogP contribution in [-0.2, 0) is 0 Å². The number of phenolic OH excluding ortho intramolecular Hbond substituents is 1. The van der Waals surface area contributed by atoms with Crippen LogP contribution in [0.3, 0.4) is 0 Å². The summed E-state index contributed by atoms with van der Waals surface area (Å²) in [7, 11) is 0. The van der Waals surface area contributed by atoms with E-state index in [-0.39, 0.29) is 5.56 Å². The van der Waals surface area contributed by atoms with Crippen molar-refractivity contribution in [2.24, 2.45) is 5.92 Å². The summed E-state index contributed by atoms with van der Waals surface area (Å²) in [6.07, 6.45) is 5.84. The lowest BCUT2D eigenvalue weighted by Gasteiger charge is -2.10. The van der Waals surface area contributed by atoms with E-state index in [9.17, 15) is 20.0 Å². The molecule has 1 aromatic carbocycles. The van der Waals surface area contributed by atoms with E-state index >= 15 is 0 Å². The first-order valence-corrected chi connectivity index (χ1v) is 6.84. The number of nitro groups is 1. The molecule has 0 spiro atoms. The van der Waals surface area contributed by atoms with Gasteiger partial charge in [0, 0.05) is 12.6 Å². The molecule has 2 rings (SSSR count). The minimum Gasteiger partial charge on any atom is -0.502 e. The number of hydrogen-bond donors (Lipinski definition) is 2. The number of nitrogens with zero attached hydrogens (tertiary/aromatic N) is 1. The Labute approximate surface area is 117 Å². The second-order valence-corrected chi connectivity index (χ2v) is 5.13. The quantitative estimate of drug-likeness (QED) is 0.639. The Morgan fingerprint density at radius 2 is 2.10 bits per heavy atom. The van der Waals surface area contributed by atoms with Crippen molar-refractivity contribution >= 4 is 11.6 Å². The van der Waals surface area contributed by atoms with E-state index in [4.69, 9.17) is 0 Å². The molecule has 1 aliphatic rings. The minimum absolute atomic E-state index is 0.0504. The van der Waals surface area contributed by atoms with Gasteiger partial charge in [-0.1, -0.05) is 31.7 Å². The second-order valence-electron chi connectivity index (χ2n) is 5.13. The zero-order chi connectivity index (χ0) is 14.5. The first-order valence-electron chi connectivity index (χ1n) is 6.84. The van der Waals surface area contributed by atoms with Gasteiger partial charge in [0.05, 0.1) is 10.5 Å². The molecule has 108 valence electrons. The van der Waals surface area contributed by atoms with Gasteiger partial charge in [0.1, 0.15) is 0 Å². The van der Waals surface area contributed by atoms with Gasteiger partial charge >= 0.3 is 5.69 Å². The fourth-order valence-corrected chi connectivity index (χ4v) is 2.65. The van der Waals surface area contributed by atoms with Gasteiger partial charge in [-0.2, -0.15) is 0 Å². The molecule has 0 aromatic heterocycles. The zero-order valence-corrected chi connectivity index (χ0v) is 11.2. The van der Waals surface area contributed by atoms with Crippen molar-refractivity contribution in [3.63, 3.8) is 0 Å². The van der Waals surface area contributed by atoms with Crippen molar-refractivity contribution in [1.82, 2.24) is 5.32 Å². The molecule has 1 amide bonds. The number of amides is 1. The number of nitro benzene ring substituents is 1. The predicted octanol–water partition coefficient (Wildman–Crippen LogP) is 2.61. The molecule has 0 saturated heterocycles. The normalized spacial score (nSPS) is 15.2. The maximum absolute atomic E-state index is 11.9. The first-order chi connectivity index (χ1) is 9.59. The Morgan fingerprint density at radius 3 is 2.75 bits per heavy atom. The summed E-state index contributed by atoms with van der Waals surface area (Å²) in [4.78, 5) is 21.9. The van der Waals surface area contributed by atoms with Crippen molar-refractivity contribution in [2.75, 3.05) is 6.54 Å². The molecule has 1 fully saturated rings. The molecule has 0 aliphatic heterocycles. The maximum atomic E-state index is 11.9. The van der Waals surface area contributed by atoms with E-state index in [1.54, 1.807) is 0 Å². The summed E-state index contributed by atoms with van der Waals surface area (Å²) in [5, 5.41) is 23.1. The lowest BCUT2D eigenvalue weighted by atomic mass is 10.0. The van der Waals surface area contributed by atoms with Crippen molar-refractivity contribution in [2.45, 2.75) is 32.1 Å². The molecular formula is C14H18N2O4. The van der Waals surface area contributed by atoms with E-state index in [1.807, 2.05) is 0 Å². The van der Waals surface area contributed by atoms with Crippen LogP contribution in [0.15, 0.2) is 18.2 Å². The van der Waals surface area contributed by atoms with Crippen LogP contribution in [0.4, 0.5) is 5.69 Å². The van der Waals surface area contributed by atoms with Crippen LogP contribution in [0.25, 0.3) is 0 Å². The molecule has 0 heterocycles. The predicted molar refractivity (Wildman–Crippen MR) is 73.7 cm³/mol. The highest BCUT2D eigenvalue weighted by Gasteiger charge is 2.21. The van der Waals surface area contributed by atoms with Gasteiger partial charge in [0.2, 0.25) is 5.75 Å². The van der Waals surface area contributed by atoms with Crippen molar-refractivity contribution in [3.05, 3.63) is 33.9 Å². The molecule has 0 unspecified atom stereocenters. The smallest absolute Gasteiger partial charge is 0.311 e. The lowest BCUT2D eigenvalue weighted by Crippen LogP contribution is -2.25. The average molecular weight is 278 g/mol. The molecule has 1 aromatic rings. The largest absolute Gasteiger partial charge is 0.502 e. The molecule has 6 heteroatoms. The monoisotopic (exact) mass is 278 g/mol. The van der Waals surface area contributed by atoms with Crippen molar-refractivity contribution < 1.29 is 14.8 Å².